The third-order valence-electron chi connectivity index (χ3n) is 10.6. The molecule has 52 heavy (non-hydrogen) atoms. The molecule has 0 atom stereocenters. The van der Waals surface area contributed by atoms with E-state index in [2.05, 4.69) is 176 Å². The summed E-state index contributed by atoms with van der Waals surface area (Å²) in [4.78, 5) is 2.41. The minimum Gasteiger partial charge on any atom is -0.453 e. The third kappa shape index (κ3) is 4.46. The summed E-state index contributed by atoms with van der Waals surface area (Å²) in [6, 6.07) is 56.9. The molecule has 0 aliphatic carbocycles. The highest BCUT2D eigenvalue weighted by Gasteiger charge is 2.35. The molecule has 0 amide bonds. The van der Waals surface area contributed by atoms with E-state index in [0.29, 0.717) is 0 Å². The van der Waals surface area contributed by atoms with Crippen molar-refractivity contribution in [2.24, 2.45) is 0 Å². The first-order valence-electron chi connectivity index (χ1n) is 17.7. The Balaban J connectivity index is 1.19. The maximum Gasteiger partial charge on any atom is 0.198 e. The molecule has 1 aromatic heterocycles. The molecule has 3 heterocycles. The summed E-state index contributed by atoms with van der Waals surface area (Å²) in [6.45, 7) is 2.20. The summed E-state index contributed by atoms with van der Waals surface area (Å²) in [5.41, 5.74) is 13.7. The molecule has 2 aliphatic rings. The fourth-order valence-electron chi connectivity index (χ4n) is 8.18. The van der Waals surface area contributed by atoms with Crippen molar-refractivity contribution in [1.82, 2.24) is 0 Å². The number of anilines is 5. The Morgan fingerprint density at radius 3 is 2.31 bits per heavy atom. The van der Waals surface area contributed by atoms with Crippen molar-refractivity contribution < 1.29 is 4.74 Å². The Labute approximate surface area is 306 Å². The number of benzene rings is 8. The van der Waals surface area contributed by atoms with Crippen LogP contribution < -0.4 is 25.9 Å². The number of nitrogens with zero attached hydrogens (tertiary/aromatic N) is 1. The molecule has 0 saturated heterocycles. The highest BCUT2D eigenvalue weighted by Crippen LogP contribution is 2.52. The highest BCUT2D eigenvalue weighted by molar-refractivity contribution is 7.25. The van der Waals surface area contributed by atoms with Gasteiger partial charge in [-0.3, -0.25) is 0 Å². The summed E-state index contributed by atoms with van der Waals surface area (Å²) in [7, 11) is 2.35. The van der Waals surface area contributed by atoms with Gasteiger partial charge in [-0.25, -0.2) is 0 Å². The lowest BCUT2D eigenvalue weighted by atomic mass is 9.57. The second kappa shape index (κ2) is 11.4. The Morgan fingerprint density at radius 1 is 0.577 bits per heavy atom. The number of fused-ring (bicyclic) bond motifs is 8. The van der Waals surface area contributed by atoms with Crippen molar-refractivity contribution in [1.29, 1.82) is 0 Å². The number of rotatable bonds is 4. The van der Waals surface area contributed by atoms with Gasteiger partial charge < -0.3 is 15.0 Å². The Hall–Kier alpha value is -6.30. The predicted octanol–water partition coefficient (Wildman–Crippen LogP) is 12.1. The summed E-state index contributed by atoms with van der Waals surface area (Å²) in [5.74, 6) is 1.72. The normalized spacial score (nSPS) is 12.6. The lowest BCUT2D eigenvalue weighted by Gasteiger charge is -2.39. The van der Waals surface area contributed by atoms with E-state index >= 15 is 0 Å². The van der Waals surface area contributed by atoms with Gasteiger partial charge in [0.05, 0.1) is 17.1 Å². The van der Waals surface area contributed by atoms with Crippen LogP contribution in [0.3, 0.4) is 0 Å². The van der Waals surface area contributed by atoms with Crippen LogP contribution in [0.2, 0.25) is 0 Å². The Morgan fingerprint density at radius 2 is 1.37 bits per heavy atom. The molecule has 3 nitrogen and oxygen atoms in total. The highest BCUT2D eigenvalue weighted by atomic mass is 32.1. The van der Waals surface area contributed by atoms with Crippen LogP contribution in [0.4, 0.5) is 28.4 Å². The van der Waals surface area contributed by atoms with Crippen LogP contribution in [0.25, 0.3) is 53.2 Å². The van der Waals surface area contributed by atoms with E-state index in [4.69, 9.17) is 4.74 Å². The van der Waals surface area contributed by atoms with Crippen LogP contribution >= 0.6 is 11.3 Å². The van der Waals surface area contributed by atoms with Crippen molar-refractivity contribution in [3.8, 4) is 33.8 Å². The number of para-hydroxylation sites is 3. The minimum absolute atomic E-state index is 0.854. The van der Waals surface area contributed by atoms with E-state index in [1.54, 1.807) is 0 Å². The van der Waals surface area contributed by atoms with Crippen LogP contribution in [0, 0.1) is 6.92 Å². The second-order valence-electron chi connectivity index (χ2n) is 13.7. The molecular formula is C47H30BN2OS. The number of aryl methyl sites for hydroxylation is 1. The number of hydrogen-bond donors (Lipinski definition) is 1. The van der Waals surface area contributed by atoms with Crippen LogP contribution in [-0.2, 0) is 0 Å². The van der Waals surface area contributed by atoms with Crippen molar-refractivity contribution in [3.63, 3.8) is 0 Å². The maximum atomic E-state index is 6.50. The van der Waals surface area contributed by atoms with Gasteiger partial charge in [0.1, 0.15) is 0 Å². The van der Waals surface area contributed by atoms with Crippen LogP contribution in [0.1, 0.15) is 5.56 Å². The van der Waals surface area contributed by atoms with E-state index in [9.17, 15) is 0 Å². The lowest BCUT2D eigenvalue weighted by Crippen LogP contribution is -2.42. The molecule has 11 rings (SSSR count). The van der Waals surface area contributed by atoms with Gasteiger partial charge in [0, 0.05) is 42.5 Å². The second-order valence-corrected chi connectivity index (χ2v) is 14.7. The van der Waals surface area contributed by atoms with Crippen molar-refractivity contribution >= 4 is 88.9 Å². The molecule has 0 bridgehead atoms. The SMILES string of the molecule is Cc1ccccc1-c1cc(-c2ccc3ccccc3c2Nc2ccc3sc4ccccc4c3c2)c2c(c1)N1c3ccccc3Oc3cccc(c31)[B]2. The molecule has 0 fully saturated rings. The zero-order valence-corrected chi connectivity index (χ0v) is 29.2. The standard InChI is InChI=1S/C47H30BN2OS/c1-28-11-2-4-13-32(28)30-25-37(45-40(26-30)50-39-17-7-8-18-41(39)51-42-19-10-16-38(48-45)47(42)50)35-23-21-29-12-3-5-14-33(29)46(35)49-31-22-24-44-36(27-31)34-15-6-9-20-43(34)52-44/h2-27,49H,1H3. The number of nitrogens with one attached hydrogen (secondary N) is 1. The molecule has 243 valence electrons. The quantitative estimate of drug-likeness (QED) is 0.187. The maximum absolute atomic E-state index is 6.50. The van der Waals surface area contributed by atoms with E-state index in [0.717, 1.165) is 51.0 Å². The zero-order chi connectivity index (χ0) is 34.3. The van der Waals surface area contributed by atoms with Gasteiger partial charge in [-0.2, -0.15) is 0 Å². The van der Waals surface area contributed by atoms with E-state index in [1.165, 1.54) is 58.7 Å². The first kappa shape index (κ1) is 29.4. The minimum atomic E-state index is 0.854. The molecular weight excluding hydrogens is 651 g/mol. The average Bonchev–Trinajstić information content (AvgIpc) is 3.56. The van der Waals surface area contributed by atoms with Gasteiger partial charge in [0.15, 0.2) is 18.8 Å². The van der Waals surface area contributed by atoms with Gasteiger partial charge in [0.25, 0.3) is 0 Å². The van der Waals surface area contributed by atoms with Gasteiger partial charge in [-0.15, -0.1) is 11.3 Å². The van der Waals surface area contributed by atoms with E-state index in [1.807, 2.05) is 17.4 Å². The number of ether oxygens (including phenoxy) is 1. The average molecular weight is 682 g/mol. The summed E-state index contributed by atoms with van der Waals surface area (Å²) >= 11 is 1.85. The molecule has 9 aromatic rings. The molecule has 0 unspecified atom stereocenters. The Bertz CT molecular complexity index is 2930. The topological polar surface area (TPSA) is 24.5 Å². The molecule has 1 N–H and O–H groups in total. The molecule has 0 saturated carbocycles. The van der Waals surface area contributed by atoms with Crippen molar-refractivity contribution in [2.45, 2.75) is 6.92 Å². The summed E-state index contributed by atoms with van der Waals surface area (Å²) in [5, 5.41) is 8.92. The van der Waals surface area contributed by atoms with Crippen LogP contribution in [-0.4, -0.2) is 7.28 Å². The van der Waals surface area contributed by atoms with Gasteiger partial charge >= 0.3 is 0 Å². The van der Waals surface area contributed by atoms with Gasteiger partial charge in [-0.1, -0.05) is 109 Å². The fraction of sp³-hybridized carbons (Fsp3) is 0.0213. The van der Waals surface area contributed by atoms with Crippen LogP contribution in [0.15, 0.2) is 158 Å². The smallest absolute Gasteiger partial charge is 0.198 e. The Kier molecular flexibility index (Phi) is 6.43. The third-order valence-corrected chi connectivity index (χ3v) is 11.8. The molecule has 8 aromatic carbocycles. The molecule has 5 heteroatoms. The molecule has 1 radical (unpaired) electrons. The van der Waals surface area contributed by atoms with Crippen molar-refractivity contribution in [2.75, 3.05) is 10.2 Å². The predicted molar refractivity (Wildman–Crippen MR) is 222 cm³/mol. The van der Waals surface area contributed by atoms with E-state index in [-0.39, 0.29) is 0 Å². The lowest BCUT2D eigenvalue weighted by molar-refractivity contribution is 0.477. The van der Waals surface area contributed by atoms with Crippen molar-refractivity contribution in [3.05, 3.63) is 163 Å². The molecule has 0 spiro atoms. The zero-order valence-electron chi connectivity index (χ0n) is 28.4. The summed E-state index contributed by atoms with van der Waals surface area (Å²) < 4.78 is 9.11. The first-order chi connectivity index (χ1) is 25.7. The summed E-state index contributed by atoms with van der Waals surface area (Å²) in [6.07, 6.45) is 0. The number of thiophene rings is 1. The first-order valence-corrected chi connectivity index (χ1v) is 18.5. The van der Waals surface area contributed by atoms with Gasteiger partial charge in [0.2, 0.25) is 0 Å². The largest absolute Gasteiger partial charge is 0.453 e. The monoisotopic (exact) mass is 681 g/mol. The van der Waals surface area contributed by atoms with Crippen LogP contribution in [0.5, 0.6) is 11.5 Å². The van der Waals surface area contributed by atoms with E-state index < -0.39 is 0 Å². The molecule has 2 aliphatic heterocycles. The van der Waals surface area contributed by atoms with Gasteiger partial charge in [-0.05, 0) is 94.6 Å². The fourth-order valence-corrected chi connectivity index (χ4v) is 9.27. The number of hydrogen-bond acceptors (Lipinski definition) is 4.